The summed E-state index contributed by atoms with van der Waals surface area (Å²) in [4.78, 5) is 28.5. The first-order chi connectivity index (χ1) is 15.1. The molecule has 0 spiro atoms. The topological polar surface area (TPSA) is 75.4 Å². The van der Waals surface area contributed by atoms with E-state index in [1.165, 1.54) is 5.56 Å². The van der Waals surface area contributed by atoms with Crippen LogP contribution in [0.15, 0.2) is 64.0 Å². The van der Waals surface area contributed by atoms with Crippen molar-refractivity contribution in [3.8, 4) is 0 Å². The van der Waals surface area contributed by atoms with Gasteiger partial charge in [0.2, 0.25) is 5.91 Å². The van der Waals surface area contributed by atoms with Crippen LogP contribution in [0.5, 0.6) is 0 Å². The first-order valence-electron chi connectivity index (χ1n) is 10.1. The minimum absolute atomic E-state index is 0. The average Bonchev–Trinajstić information content (AvgIpc) is 3.42. The number of thioether (sulfide) groups is 1. The van der Waals surface area contributed by atoms with Gasteiger partial charge in [0.15, 0.2) is 5.69 Å². The lowest BCUT2D eigenvalue weighted by atomic mass is 10.1. The minimum atomic E-state index is -0.644. The summed E-state index contributed by atoms with van der Waals surface area (Å²) in [6, 6.07) is 15.0. The van der Waals surface area contributed by atoms with Crippen molar-refractivity contribution in [2.75, 3.05) is 17.7 Å². The molecule has 32 heavy (non-hydrogen) atoms. The van der Waals surface area contributed by atoms with Gasteiger partial charge in [-0.1, -0.05) is 55.1 Å². The fourth-order valence-electron chi connectivity index (χ4n) is 3.88. The summed E-state index contributed by atoms with van der Waals surface area (Å²) >= 11 is 1.59. The first kappa shape index (κ1) is 21.9. The van der Waals surface area contributed by atoms with Gasteiger partial charge in [0.25, 0.3) is 5.91 Å². The van der Waals surface area contributed by atoms with Gasteiger partial charge in [-0.3, -0.25) is 9.59 Å². The molecule has 6 nitrogen and oxygen atoms in total. The molecule has 3 aromatic rings. The summed E-state index contributed by atoms with van der Waals surface area (Å²) < 4.78 is 5.33. The minimum Gasteiger partial charge on any atom is -0.360 e. The van der Waals surface area contributed by atoms with Gasteiger partial charge < -0.3 is 14.7 Å². The lowest BCUT2D eigenvalue weighted by Gasteiger charge is -2.21. The molecule has 5 rings (SSSR count). The Balaban J connectivity index is 0.00000245. The van der Waals surface area contributed by atoms with Crippen LogP contribution in [0.4, 0.5) is 5.69 Å². The van der Waals surface area contributed by atoms with E-state index < -0.39 is 11.9 Å². The zero-order valence-electron chi connectivity index (χ0n) is 17.0. The third-order valence-corrected chi connectivity index (χ3v) is 6.71. The second-order valence-electron chi connectivity index (χ2n) is 7.70. The maximum absolute atomic E-state index is 13.1. The monoisotopic (exact) mass is 447 g/mol. The number of carbonyl (C=O) groups excluding carboxylic acids is 2. The van der Waals surface area contributed by atoms with E-state index in [9.17, 15) is 9.59 Å². The molecule has 1 N–H and O–H groups in total. The molecule has 0 saturated carbocycles. The molecule has 2 aliphatic rings. The highest BCUT2D eigenvalue weighted by Crippen LogP contribution is 2.38. The second kappa shape index (κ2) is 9.04. The Labute approximate surface area is 191 Å². The molecular formula is C25H25N3O3S. The molecule has 1 atom stereocenters. The summed E-state index contributed by atoms with van der Waals surface area (Å²) in [5.41, 5.74) is 4.54. The third-order valence-electron chi connectivity index (χ3n) is 5.57. The number of allylic oxidation sites excluding steroid dienone is 1. The highest BCUT2D eigenvalue weighted by molar-refractivity contribution is 7.99. The molecule has 1 aromatic heterocycles. The molecule has 0 radical (unpaired) electrons. The van der Waals surface area contributed by atoms with Crippen molar-refractivity contribution in [1.29, 1.82) is 0 Å². The first-order valence-corrected chi connectivity index (χ1v) is 11.1. The van der Waals surface area contributed by atoms with E-state index >= 15 is 0 Å². The molecule has 2 amide bonds. The number of benzene rings is 2. The maximum Gasteiger partial charge on any atom is 0.274 e. The smallest absolute Gasteiger partial charge is 0.274 e. The Bertz CT molecular complexity index is 1190. The van der Waals surface area contributed by atoms with E-state index in [4.69, 9.17) is 4.52 Å². The van der Waals surface area contributed by atoms with Crippen LogP contribution in [0.2, 0.25) is 0 Å². The zero-order chi connectivity index (χ0) is 21.4. The molecule has 7 heteroatoms. The Morgan fingerprint density at radius 3 is 2.88 bits per heavy atom. The van der Waals surface area contributed by atoms with Gasteiger partial charge in [0, 0.05) is 30.2 Å². The predicted molar refractivity (Wildman–Crippen MR) is 127 cm³/mol. The highest BCUT2D eigenvalue weighted by Gasteiger charge is 2.31. The number of anilines is 1. The predicted octanol–water partition coefficient (Wildman–Crippen LogP) is 4.34. The number of amides is 2. The molecule has 0 saturated heterocycles. The van der Waals surface area contributed by atoms with Crippen molar-refractivity contribution in [1.82, 2.24) is 10.5 Å². The van der Waals surface area contributed by atoms with Gasteiger partial charge >= 0.3 is 0 Å². The van der Waals surface area contributed by atoms with Crippen LogP contribution in [0.1, 0.15) is 40.4 Å². The normalized spacial score (nSPS) is 16.7. The lowest BCUT2D eigenvalue weighted by molar-refractivity contribution is -0.119. The van der Waals surface area contributed by atoms with Crippen LogP contribution in [-0.4, -0.2) is 35.8 Å². The number of nitrogens with zero attached hydrogens (tertiary/aromatic N) is 2. The van der Waals surface area contributed by atoms with Crippen LogP contribution in [-0.2, 0) is 17.6 Å². The van der Waals surface area contributed by atoms with Gasteiger partial charge in [-0.05, 0) is 35.2 Å². The van der Waals surface area contributed by atoms with E-state index in [1.54, 1.807) is 29.8 Å². The number of nitrogens with one attached hydrogen (secondary N) is 1. The van der Waals surface area contributed by atoms with Gasteiger partial charge in [0.05, 0.1) is 5.69 Å². The Kier molecular flexibility index (Phi) is 6.19. The molecule has 164 valence electrons. The molecular weight excluding hydrogens is 422 g/mol. The summed E-state index contributed by atoms with van der Waals surface area (Å²) in [7, 11) is 1.76. The number of aromatic nitrogens is 1. The second-order valence-corrected chi connectivity index (χ2v) is 8.76. The van der Waals surface area contributed by atoms with Crippen LogP contribution in [0.25, 0.3) is 6.08 Å². The number of rotatable bonds is 4. The van der Waals surface area contributed by atoms with E-state index in [-0.39, 0.29) is 19.0 Å². The van der Waals surface area contributed by atoms with E-state index in [0.29, 0.717) is 17.9 Å². The molecule has 2 heterocycles. The Morgan fingerprint density at radius 1 is 1.25 bits per heavy atom. The van der Waals surface area contributed by atoms with E-state index in [2.05, 4.69) is 34.8 Å². The van der Waals surface area contributed by atoms with Gasteiger partial charge in [-0.25, -0.2) is 0 Å². The zero-order valence-corrected chi connectivity index (χ0v) is 17.8. The van der Waals surface area contributed by atoms with Gasteiger partial charge in [0.1, 0.15) is 11.8 Å². The summed E-state index contributed by atoms with van der Waals surface area (Å²) in [6.45, 7) is 0. The number of hydrogen-bond donors (Lipinski definition) is 1. The molecule has 0 fully saturated rings. The number of fused-ring (bicyclic) bond motifs is 2. The molecule has 1 aliphatic heterocycles. The van der Waals surface area contributed by atoms with E-state index in [0.717, 1.165) is 28.1 Å². The fraction of sp³-hybridized carbons (Fsp3) is 0.240. The third kappa shape index (κ3) is 4.21. The van der Waals surface area contributed by atoms with Gasteiger partial charge in [-0.2, -0.15) is 0 Å². The Morgan fingerprint density at radius 2 is 2.06 bits per heavy atom. The van der Waals surface area contributed by atoms with Crippen LogP contribution < -0.4 is 10.2 Å². The molecule has 1 aliphatic carbocycles. The molecule has 0 bridgehead atoms. The van der Waals surface area contributed by atoms with Crippen LogP contribution >= 0.6 is 11.8 Å². The van der Waals surface area contributed by atoms with Crippen molar-refractivity contribution in [2.24, 2.45) is 0 Å². The lowest BCUT2D eigenvalue weighted by Crippen LogP contribution is -2.48. The standard InChI is InChI=1S/C24H21N3O3S.CH4/c1-27-21-11-16-8-5-9-17(16)12-22(21)31-14-20(24(27)29)25-23(28)19-13-18(30-26-19)10-15-6-3-2-4-7-15;/h2-8,11-13,20H,9-10,14H2,1H3,(H,25,28);1H4/t20-;/m0./s1. The molecule has 0 unspecified atom stereocenters. The van der Waals surface area contributed by atoms with Crippen molar-refractivity contribution in [3.05, 3.63) is 82.8 Å². The highest BCUT2D eigenvalue weighted by atomic mass is 32.2. The van der Waals surface area contributed by atoms with Crippen molar-refractivity contribution in [3.63, 3.8) is 0 Å². The van der Waals surface area contributed by atoms with E-state index in [1.807, 2.05) is 30.3 Å². The number of likely N-dealkylation sites (N-methyl/N-ethyl adjacent to an activating group) is 1. The van der Waals surface area contributed by atoms with Crippen molar-refractivity contribution >= 4 is 35.3 Å². The summed E-state index contributed by atoms with van der Waals surface area (Å²) in [6.07, 6.45) is 5.68. The molecule has 2 aromatic carbocycles. The maximum atomic E-state index is 13.1. The largest absolute Gasteiger partial charge is 0.360 e. The van der Waals surface area contributed by atoms with Gasteiger partial charge in [-0.15, -0.1) is 11.8 Å². The van der Waals surface area contributed by atoms with Crippen molar-refractivity contribution < 1.29 is 14.1 Å². The average molecular weight is 448 g/mol. The van der Waals surface area contributed by atoms with Crippen molar-refractivity contribution in [2.45, 2.75) is 31.2 Å². The summed E-state index contributed by atoms with van der Waals surface area (Å²) in [5, 5.41) is 6.74. The summed E-state index contributed by atoms with van der Waals surface area (Å²) in [5.74, 6) is 0.509. The fourth-order valence-corrected chi connectivity index (χ4v) is 5.02. The number of hydrogen-bond acceptors (Lipinski definition) is 5. The van der Waals surface area contributed by atoms with Crippen LogP contribution in [0, 0.1) is 0 Å². The Hall–Kier alpha value is -3.32. The number of carbonyl (C=O) groups is 2. The SMILES string of the molecule is C.CN1C(=O)[C@@H](NC(=O)c2cc(Cc3ccccc3)on2)CSc2cc3c(cc21)C=CC3. The quantitative estimate of drug-likeness (QED) is 0.644. The van der Waals surface area contributed by atoms with Crippen LogP contribution in [0.3, 0.4) is 0 Å².